The second-order valence-corrected chi connectivity index (χ2v) is 8.34. The number of morpholine rings is 1. The molecule has 2 N–H and O–H groups in total. The van der Waals surface area contributed by atoms with Gasteiger partial charge in [0.2, 0.25) is 10.0 Å². The summed E-state index contributed by atoms with van der Waals surface area (Å²) in [6.07, 6.45) is 0. The van der Waals surface area contributed by atoms with Crippen LogP contribution in [0, 0.1) is 6.92 Å². The average Bonchev–Trinajstić information content (AvgIpc) is 2.81. The van der Waals surface area contributed by atoms with E-state index in [1.54, 1.807) is 13.0 Å². The van der Waals surface area contributed by atoms with Crippen molar-refractivity contribution in [1.82, 2.24) is 9.62 Å². The van der Waals surface area contributed by atoms with E-state index in [1.165, 1.54) is 0 Å². The summed E-state index contributed by atoms with van der Waals surface area (Å²) in [6.45, 7) is 7.26. The van der Waals surface area contributed by atoms with E-state index in [0.29, 0.717) is 24.6 Å². The number of hydrogen-bond acceptors (Lipinski definition) is 6. The Morgan fingerprint density at radius 2 is 2.14 bits per heavy atom. The van der Waals surface area contributed by atoms with Crippen LogP contribution >= 0.6 is 11.3 Å². The van der Waals surface area contributed by atoms with Crippen molar-refractivity contribution in [2.24, 2.45) is 0 Å². The highest BCUT2D eigenvalue weighted by molar-refractivity contribution is 7.91. The van der Waals surface area contributed by atoms with Crippen molar-refractivity contribution >= 4 is 21.4 Å². The first-order valence-electron chi connectivity index (χ1n) is 6.95. The smallest absolute Gasteiger partial charge is 0.250 e. The quantitative estimate of drug-likeness (QED) is 0.794. The minimum Gasteiger partial charge on any atom is -0.391 e. The van der Waals surface area contributed by atoms with Gasteiger partial charge in [0.15, 0.2) is 0 Å². The van der Waals surface area contributed by atoms with E-state index in [2.05, 4.69) is 9.62 Å². The van der Waals surface area contributed by atoms with Crippen LogP contribution in [0.2, 0.25) is 0 Å². The molecule has 0 spiro atoms. The van der Waals surface area contributed by atoms with E-state index in [4.69, 9.17) is 4.74 Å². The number of aliphatic hydroxyl groups excluding tert-OH is 1. The summed E-state index contributed by atoms with van der Waals surface area (Å²) in [4.78, 5) is 2.88. The van der Waals surface area contributed by atoms with Gasteiger partial charge in [-0.3, -0.25) is 4.90 Å². The molecule has 8 heteroatoms. The lowest BCUT2D eigenvalue weighted by Gasteiger charge is -2.29. The summed E-state index contributed by atoms with van der Waals surface area (Å²) in [5, 5.41) is 9.17. The van der Waals surface area contributed by atoms with Gasteiger partial charge in [0.1, 0.15) is 4.21 Å². The van der Waals surface area contributed by atoms with Crippen LogP contribution in [0.5, 0.6) is 0 Å². The first kappa shape index (κ1) is 16.9. The Balaban J connectivity index is 1.98. The number of ether oxygens (including phenoxy) is 1. The fraction of sp³-hybridized carbons (Fsp3) is 0.692. The highest BCUT2D eigenvalue weighted by atomic mass is 32.2. The van der Waals surface area contributed by atoms with Crippen molar-refractivity contribution in [3.63, 3.8) is 0 Å². The Bertz CT molecular complexity index is 565. The zero-order chi connectivity index (χ0) is 15.5. The predicted molar refractivity (Wildman–Crippen MR) is 82.0 cm³/mol. The van der Waals surface area contributed by atoms with Crippen molar-refractivity contribution < 1.29 is 18.3 Å². The molecular formula is C13H22N2O4S2. The van der Waals surface area contributed by atoms with E-state index < -0.39 is 10.0 Å². The Morgan fingerprint density at radius 1 is 1.48 bits per heavy atom. The van der Waals surface area contributed by atoms with Gasteiger partial charge < -0.3 is 9.84 Å². The van der Waals surface area contributed by atoms with Gasteiger partial charge in [0, 0.05) is 30.6 Å². The summed E-state index contributed by atoms with van der Waals surface area (Å²) in [7, 11) is -3.52. The Kier molecular flexibility index (Phi) is 5.75. The summed E-state index contributed by atoms with van der Waals surface area (Å²) in [5.74, 6) is 0. The van der Waals surface area contributed by atoms with Crippen LogP contribution in [-0.4, -0.2) is 57.3 Å². The third-order valence-electron chi connectivity index (χ3n) is 3.40. The number of aryl methyl sites for hydroxylation is 1. The molecule has 21 heavy (non-hydrogen) atoms. The topological polar surface area (TPSA) is 78.9 Å². The molecule has 0 bridgehead atoms. The van der Waals surface area contributed by atoms with E-state index in [1.807, 2.05) is 6.92 Å². The average molecular weight is 334 g/mol. The maximum atomic E-state index is 12.3. The molecule has 6 nitrogen and oxygen atoms in total. The lowest BCUT2D eigenvalue weighted by Crippen LogP contribution is -2.45. The molecule has 1 aromatic rings. The van der Waals surface area contributed by atoms with Crippen LogP contribution in [0.1, 0.15) is 17.4 Å². The minimum absolute atomic E-state index is 0.130. The number of nitrogens with one attached hydrogen (secondary N) is 1. The fourth-order valence-corrected chi connectivity index (χ4v) is 5.01. The number of hydrogen-bond donors (Lipinski definition) is 2. The van der Waals surface area contributed by atoms with Crippen molar-refractivity contribution in [2.75, 3.05) is 32.8 Å². The van der Waals surface area contributed by atoms with Gasteiger partial charge in [-0.15, -0.1) is 11.3 Å². The van der Waals surface area contributed by atoms with E-state index in [9.17, 15) is 13.5 Å². The first-order valence-corrected chi connectivity index (χ1v) is 9.25. The van der Waals surface area contributed by atoms with Crippen LogP contribution in [0.25, 0.3) is 0 Å². The number of nitrogens with zero attached hydrogens (tertiary/aromatic N) is 1. The van der Waals surface area contributed by atoms with Crippen molar-refractivity contribution in [1.29, 1.82) is 0 Å². The van der Waals surface area contributed by atoms with Crippen LogP contribution in [-0.2, 0) is 21.4 Å². The zero-order valence-corrected chi connectivity index (χ0v) is 14.0. The Labute approximate surface area is 129 Å². The third kappa shape index (κ3) is 4.48. The van der Waals surface area contributed by atoms with Gasteiger partial charge in [-0.05, 0) is 25.5 Å². The van der Waals surface area contributed by atoms with Gasteiger partial charge in [-0.25, -0.2) is 13.1 Å². The van der Waals surface area contributed by atoms with Crippen LogP contribution in [0.3, 0.4) is 0 Å². The number of rotatable bonds is 6. The Hall–Kier alpha value is -0.510. The molecule has 0 amide bonds. The second-order valence-electron chi connectivity index (χ2n) is 5.27. The van der Waals surface area contributed by atoms with Gasteiger partial charge in [0.25, 0.3) is 0 Å². The molecule has 0 radical (unpaired) electrons. The molecule has 1 aromatic heterocycles. The van der Waals surface area contributed by atoms with Gasteiger partial charge >= 0.3 is 0 Å². The highest BCUT2D eigenvalue weighted by Gasteiger charge is 2.22. The molecule has 0 saturated carbocycles. The largest absolute Gasteiger partial charge is 0.391 e. The van der Waals surface area contributed by atoms with E-state index in [-0.39, 0.29) is 16.9 Å². The fourth-order valence-electron chi connectivity index (χ4n) is 2.31. The maximum absolute atomic E-state index is 12.3. The van der Waals surface area contributed by atoms with Crippen LogP contribution in [0.15, 0.2) is 10.3 Å². The highest BCUT2D eigenvalue weighted by Crippen LogP contribution is 2.26. The summed E-state index contributed by atoms with van der Waals surface area (Å²) in [6, 6.07) is 1.44. The van der Waals surface area contributed by atoms with Gasteiger partial charge in [-0.2, -0.15) is 0 Å². The molecule has 2 rings (SSSR count). The van der Waals surface area contributed by atoms with Crippen molar-refractivity contribution in [2.45, 2.75) is 30.7 Å². The molecule has 1 unspecified atom stereocenters. The molecule has 1 aliphatic heterocycles. The Morgan fingerprint density at radius 3 is 2.71 bits per heavy atom. The molecule has 0 aliphatic carbocycles. The zero-order valence-electron chi connectivity index (χ0n) is 12.3. The van der Waals surface area contributed by atoms with Gasteiger partial charge in [-0.1, -0.05) is 0 Å². The first-order chi connectivity index (χ1) is 9.92. The normalized spacial score (nSPS) is 18.8. The van der Waals surface area contributed by atoms with Crippen molar-refractivity contribution in [3.05, 3.63) is 16.5 Å². The monoisotopic (exact) mass is 334 g/mol. The van der Waals surface area contributed by atoms with E-state index in [0.717, 1.165) is 30.0 Å². The number of sulfonamides is 1. The lowest BCUT2D eigenvalue weighted by molar-refractivity contribution is 0.0354. The molecule has 1 saturated heterocycles. The SMILES string of the molecule is Cc1cc(S(=O)(=O)NC(C)CN2CCOCC2)sc1CO. The third-order valence-corrected chi connectivity index (χ3v) is 6.68. The van der Waals surface area contributed by atoms with Crippen LogP contribution < -0.4 is 4.72 Å². The molecule has 1 atom stereocenters. The number of thiophene rings is 1. The minimum atomic E-state index is -3.52. The summed E-state index contributed by atoms with van der Waals surface area (Å²) >= 11 is 1.12. The summed E-state index contributed by atoms with van der Waals surface area (Å²) in [5.41, 5.74) is 0.809. The molecule has 2 heterocycles. The molecular weight excluding hydrogens is 312 g/mol. The maximum Gasteiger partial charge on any atom is 0.250 e. The molecule has 120 valence electrons. The molecule has 1 fully saturated rings. The molecule has 1 aliphatic rings. The second kappa shape index (κ2) is 7.17. The molecule has 0 aromatic carbocycles. The number of aliphatic hydroxyl groups is 1. The van der Waals surface area contributed by atoms with Crippen LogP contribution in [0.4, 0.5) is 0 Å². The van der Waals surface area contributed by atoms with Gasteiger partial charge in [0.05, 0.1) is 19.8 Å². The van der Waals surface area contributed by atoms with E-state index >= 15 is 0 Å². The standard InChI is InChI=1S/C13H22N2O4S2/c1-10-7-13(20-12(10)9-16)21(17,18)14-11(2)8-15-3-5-19-6-4-15/h7,11,14,16H,3-6,8-9H2,1-2H3. The van der Waals surface area contributed by atoms with Crippen molar-refractivity contribution in [3.8, 4) is 0 Å². The lowest BCUT2D eigenvalue weighted by atomic mass is 10.3. The summed E-state index contributed by atoms with van der Waals surface area (Å²) < 4.78 is 32.9. The predicted octanol–water partition coefficient (Wildman–Crippen LogP) is 0.548.